The molecule has 0 fully saturated rings. The fourth-order valence-corrected chi connectivity index (χ4v) is 3.90. The highest BCUT2D eigenvalue weighted by molar-refractivity contribution is 7.89. The maximum Gasteiger partial charge on any atom is 0.258 e. The monoisotopic (exact) mass is 450 g/mol. The van der Waals surface area contributed by atoms with Crippen LogP contribution < -0.4 is 10.0 Å². The maximum absolute atomic E-state index is 14.2. The van der Waals surface area contributed by atoms with Crippen molar-refractivity contribution >= 4 is 33.2 Å². The predicted molar refractivity (Wildman–Crippen MR) is 111 cm³/mol. The van der Waals surface area contributed by atoms with Crippen LogP contribution in [0.25, 0.3) is 0 Å². The molecule has 1 amide bonds. The number of amides is 1. The Hall–Kier alpha value is -2.81. The van der Waals surface area contributed by atoms with E-state index in [1.165, 1.54) is 12.1 Å². The number of halogens is 3. The molecule has 3 aromatic rings. The van der Waals surface area contributed by atoms with Gasteiger partial charge in [0.05, 0.1) is 16.1 Å². The third-order valence-electron chi connectivity index (χ3n) is 4.22. The van der Waals surface area contributed by atoms with Gasteiger partial charge in [-0.15, -0.1) is 0 Å². The van der Waals surface area contributed by atoms with E-state index in [-0.39, 0.29) is 22.2 Å². The SMILES string of the molecule is O=C(Nc1ccc(Cl)cc1F)c1cc(S(=O)(=O)NCCc2ccccc2)ccc1F. The van der Waals surface area contributed by atoms with Gasteiger partial charge in [-0.1, -0.05) is 41.9 Å². The van der Waals surface area contributed by atoms with Gasteiger partial charge in [0.1, 0.15) is 11.6 Å². The van der Waals surface area contributed by atoms with Gasteiger partial charge < -0.3 is 5.32 Å². The van der Waals surface area contributed by atoms with Crippen molar-refractivity contribution in [3.05, 3.63) is 94.5 Å². The number of hydrogen-bond acceptors (Lipinski definition) is 3. The first-order chi connectivity index (χ1) is 14.3. The molecule has 0 atom stereocenters. The lowest BCUT2D eigenvalue weighted by atomic mass is 10.2. The Morgan fingerprint density at radius 1 is 0.933 bits per heavy atom. The van der Waals surface area contributed by atoms with Crippen LogP contribution in [0.3, 0.4) is 0 Å². The van der Waals surface area contributed by atoms with Crippen molar-refractivity contribution in [3.63, 3.8) is 0 Å². The van der Waals surface area contributed by atoms with Crippen LogP contribution in [0, 0.1) is 11.6 Å². The van der Waals surface area contributed by atoms with Crippen LogP contribution in [0.5, 0.6) is 0 Å². The van der Waals surface area contributed by atoms with Crippen molar-refractivity contribution in [3.8, 4) is 0 Å². The third-order valence-corrected chi connectivity index (χ3v) is 5.91. The van der Waals surface area contributed by atoms with Crippen LogP contribution in [0.15, 0.2) is 71.6 Å². The molecule has 9 heteroatoms. The third kappa shape index (κ3) is 5.41. The smallest absolute Gasteiger partial charge is 0.258 e. The highest BCUT2D eigenvalue weighted by Crippen LogP contribution is 2.21. The second-order valence-electron chi connectivity index (χ2n) is 6.35. The molecule has 0 radical (unpaired) electrons. The molecule has 5 nitrogen and oxygen atoms in total. The number of carbonyl (C=O) groups is 1. The van der Waals surface area contributed by atoms with E-state index in [1.807, 2.05) is 30.3 Å². The largest absolute Gasteiger partial charge is 0.319 e. The fourth-order valence-electron chi connectivity index (χ4n) is 2.68. The van der Waals surface area contributed by atoms with Crippen molar-refractivity contribution in [2.75, 3.05) is 11.9 Å². The highest BCUT2D eigenvalue weighted by atomic mass is 35.5. The molecule has 0 spiro atoms. The lowest BCUT2D eigenvalue weighted by Crippen LogP contribution is -2.26. The van der Waals surface area contributed by atoms with Gasteiger partial charge in [0, 0.05) is 11.6 Å². The summed E-state index contributed by atoms with van der Waals surface area (Å²) in [4.78, 5) is 12.1. The molecule has 3 aromatic carbocycles. The zero-order valence-corrected chi connectivity index (χ0v) is 17.1. The van der Waals surface area contributed by atoms with Crippen molar-refractivity contribution in [2.45, 2.75) is 11.3 Å². The summed E-state index contributed by atoms with van der Waals surface area (Å²) < 4.78 is 55.5. The van der Waals surface area contributed by atoms with Gasteiger partial charge in [-0.25, -0.2) is 21.9 Å². The molecule has 2 N–H and O–H groups in total. The van der Waals surface area contributed by atoms with Crippen LogP contribution in [0.2, 0.25) is 5.02 Å². The van der Waals surface area contributed by atoms with Crippen molar-refractivity contribution in [2.24, 2.45) is 0 Å². The molecule has 0 saturated heterocycles. The second-order valence-corrected chi connectivity index (χ2v) is 8.56. The van der Waals surface area contributed by atoms with E-state index in [9.17, 15) is 22.0 Å². The van der Waals surface area contributed by atoms with Crippen LogP contribution in [0.1, 0.15) is 15.9 Å². The summed E-state index contributed by atoms with van der Waals surface area (Å²) in [5.41, 5.74) is 0.206. The minimum Gasteiger partial charge on any atom is -0.319 e. The quantitative estimate of drug-likeness (QED) is 0.560. The topological polar surface area (TPSA) is 75.3 Å². The van der Waals surface area contributed by atoms with E-state index in [1.54, 1.807) is 0 Å². The standard InChI is InChI=1S/C21H17ClF2N2O3S/c22-15-6-9-20(19(24)12-15)26-21(27)17-13-16(7-8-18(17)23)30(28,29)25-11-10-14-4-2-1-3-5-14/h1-9,12-13,25H,10-11H2,(H,26,27). The van der Waals surface area contributed by atoms with Crippen molar-refractivity contribution < 1.29 is 22.0 Å². The lowest BCUT2D eigenvalue weighted by molar-refractivity contribution is 0.102. The number of sulfonamides is 1. The normalized spacial score (nSPS) is 11.3. The molecule has 0 aromatic heterocycles. The molecule has 0 heterocycles. The summed E-state index contributed by atoms with van der Waals surface area (Å²) in [5, 5.41) is 2.34. The first-order valence-corrected chi connectivity index (χ1v) is 10.7. The van der Waals surface area contributed by atoms with Crippen LogP contribution in [0.4, 0.5) is 14.5 Å². The Balaban J connectivity index is 1.75. The summed E-state index contributed by atoms with van der Waals surface area (Å²) in [6, 6.07) is 15.7. The average molecular weight is 451 g/mol. The van der Waals surface area contributed by atoms with Crippen LogP contribution in [-0.4, -0.2) is 20.9 Å². The molecule has 0 saturated carbocycles. The number of nitrogens with one attached hydrogen (secondary N) is 2. The molecular formula is C21H17ClF2N2O3S. The summed E-state index contributed by atoms with van der Waals surface area (Å²) in [7, 11) is -3.98. The van der Waals surface area contributed by atoms with Gasteiger partial charge in [-0.3, -0.25) is 4.79 Å². The van der Waals surface area contributed by atoms with E-state index < -0.39 is 33.1 Å². The lowest BCUT2D eigenvalue weighted by Gasteiger charge is -2.11. The van der Waals surface area contributed by atoms with Gasteiger partial charge in [-0.05, 0) is 48.4 Å². The van der Waals surface area contributed by atoms with Crippen molar-refractivity contribution in [1.82, 2.24) is 4.72 Å². The Morgan fingerprint density at radius 2 is 1.67 bits per heavy atom. The van der Waals surface area contributed by atoms with E-state index in [4.69, 9.17) is 11.6 Å². The van der Waals surface area contributed by atoms with E-state index in [2.05, 4.69) is 10.0 Å². The minimum atomic E-state index is -3.98. The Bertz CT molecular complexity index is 1170. The zero-order chi connectivity index (χ0) is 21.7. The predicted octanol–water partition coefficient (Wildman–Crippen LogP) is 4.39. The summed E-state index contributed by atoms with van der Waals surface area (Å²) in [6.45, 7) is 0.126. The van der Waals surface area contributed by atoms with E-state index >= 15 is 0 Å². The van der Waals surface area contributed by atoms with Gasteiger partial charge in [0.15, 0.2) is 0 Å². The van der Waals surface area contributed by atoms with Gasteiger partial charge >= 0.3 is 0 Å². The molecular weight excluding hydrogens is 434 g/mol. The van der Waals surface area contributed by atoms with Crippen LogP contribution >= 0.6 is 11.6 Å². The molecule has 0 aliphatic rings. The first-order valence-electron chi connectivity index (χ1n) is 8.86. The molecule has 0 unspecified atom stereocenters. The Kier molecular flexibility index (Phi) is 6.81. The molecule has 156 valence electrons. The first kappa shape index (κ1) is 21.9. The maximum atomic E-state index is 14.2. The highest BCUT2D eigenvalue weighted by Gasteiger charge is 2.20. The fraction of sp³-hybridized carbons (Fsp3) is 0.0952. The zero-order valence-electron chi connectivity index (χ0n) is 15.5. The van der Waals surface area contributed by atoms with E-state index in [0.29, 0.717) is 6.42 Å². The Labute approximate surface area is 177 Å². The molecule has 0 aliphatic heterocycles. The van der Waals surface area contributed by atoms with Crippen LogP contribution in [-0.2, 0) is 16.4 Å². The molecule has 3 rings (SSSR count). The molecule has 30 heavy (non-hydrogen) atoms. The Morgan fingerprint density at radius 3 is 2.37 bits per heavy atom. The van der Waals surface area contributed by atoms with Gasteiger partial charge in [0.25, 0.3) is 5.91 Å². The van der Waals surface area contributed by atoms with Gasteiger partial charge in [-0.2, -0.15) is 0 Å². The number of hydrogen-bond donors (Lipinski definition) is 2. The minimum absolute atomic E-state index is 0.126. The summed E-state index contributed by atoms with van der Waals surface area (Å²) in [6.07, 6.45) is 0.463. The number of rotatable bonds is 7. The number of anilines is 1. The van der Waals surface area contributed by atoms with Gasteiger partial charge in [0.2, 0.25) is 10.0 Å². The second kappa shape index (κ2) is 9.34. The average Bonchev–Trinajstić information content (AvgIpc) is 2.71. The molecule has 0 bridgehead atoms. The number of benzene rings is 3. The van der Waals surface area contributed by atoms with Crippen molar-refractivity contribution in [1.29, 1.82) is 0 Å². The number of carbonyl (C=O) groups excluding carboxylic acids is 1. The van der Waals surface area contributed by atoms with E-state index in [0.717, 1.165) is 29.8 Å². The summed E-state index contributed by atoms with van der Waals surface area (Å²) in [5.74, 6) is -2.73. The summed E-state index contributed by atoms with van der Waals surface area (Å²) >= 11 is 5.66. The molecule has 0 aliphatic carbocycles.